The maximum absolute atomic E-state index is 5.76. The van der Waals surface area contributed by atoms with Crippen molar-refractivity contribution < 1.29 is 9.47 Å². The highest BCUT2D eigenvalue weighted by Gasteiger charge is 2.18. The Hall–Kier alpha value is -2.53. The van der Waals surface area contributed by atoms with E-state index in [0.29, 0.717) is 19.8 Å². The first-order valence-corrected chi connectivity index (χ1v) is 8.89. The van der Waals surface area contributed by atoms with E-state index >= 15 is 0 Å². The number of ether oxygens (including phenoxy) is 2. The number of rotatable bonds is 5. The van der Waals surface area contributed by atoms with Crippen LogP contribution in [0.1, 0.15) is 25.3 Å². The normalized spacial score (nSPS) is 13.4. The molecule has 3 aromatic rings. The van der Waals surface area contributed by atoms with Crippen molar-refractivity contribution in [1.29, 1.82) is 0 Å². The van der Waals surface area contributed by atoms with E-state index in [1.165, 1.54) is 0 Å². The smallest absolute Gasteiger partial charge is 0.163 e. The Morgan fingerprint density at radius 1 is 1.08 bits per heavy atom. The molecule has 0 fully saturated rings. The van der Waals surface area contributed by atoms with Crippen molar-refractivity contribution in [3.8, 4) is 22.9 Å². The van der Waals surface area contributed by atoms with Gasteiger partial charge >= 0.3 is 0 Å². The second-order valence-corrected chi connectivity index (χ2v) is 6.33. The summed E-state index contributed by atoms with van der Waals surface area (Å²) in [6.45, 7) is 4.86. The maximum atomic E-state index is 5.76. The summed E-state index contributed by atoms with van der Waals surface area (Å²) in [7, 11) is 0. The van der Waals surface area contributed by atoms with E-state index < -0.39 is 0 Å². The van der Waals surface area contributed by atoms with E-state index in [-0.39, 0.29) is 0 Å². The molecule has 0 radical (unpaired) electrons. The zero-order valence-electron chi connectivity index (χ0n) is 14.5. The van der Waals surface area contributed by atoms with Crippen molar-refractivity contribution in [2.45, 2.75) is 32.9 Å². The van der Waals surface area contributed by atoms with Crippen LogP contribution in [-0.2, 0) is 13.1 Å². The summed E-state index contributed by atoms with van der Waals surface area (Å²) in [5.41, 5.74) is 9.98. The Morgan fingerprint density at radius 2 is 1.80 bits per heavy atom. The van der Waals surface area contributed by atoms with E-state index in [2.05, 4.69) is 41.8 Å². The average Bonchev–Trinajstić information content (AvgIpc) is 3.02. The minimum atomic E-state index is 0.550. The van der Waals surface area contributed by atoms with Gasteiger partial charge in [-0.2, -0.15) is 0 Å². The van der Waals surface area contributed by atoms with Crippen LogP contribution in [0.25, 0.3) is 22.4 Å². The van der Waals surface area contributed by atoms with Crippen LogP contribution in [0.2, 0.25) is 0 Å². The predicted octanol–water partition coefficient (Wildman–Crippen LogP) is 3.73. The molecular weight excluding hydrogens is 314 g/mol. The molecule has 0 bridgehead atoms. The second kappa shape index (κ2) is 6.76. The molecule has 2 N–H and O–H groups in total. The van der Waals surface area contributed by atoms with Crippen molar-refractivity contribution in [1.82, 2.24) is 9.55 Å². The molecular formula is C20H23N3O2. The van der Waals surface area contributed by atoms with Crippen molar-refractivity contribution in [3.63, 3.8) is 0 Å². The van der Waals surface area contributed by atoms with Gasteiger partial charge in [-0.25, -0.2) is 4.98 Å². The summed E-state index contributed by atoms with van der Waals surface area (Å²) < 4.78 is 13.8. The summed E-state index contributed by atoms with van der Waals surface area (Å²) in [6, 6.07) is 12.4. The molecule has 25 heavy (non-hydrogen) atoms. The monoisotopic (exact) mass is 337 g/mol. The lowest BCUT2D eigenvalue weighted by molar-refractivity contribution is 0.172. The topological polar surface area (TPSA) is 62.3 Å². The minimum absolute atomic E-state index is 0.550. The predicted molar refractivity (Wildman–Crippen MR) is 99.0 cm³/mol. The summed E-state index contributed by atoms with van der Waals surface area (Å²) in [6.07, 6.45) is 2.24. The quantitative estimate of drug-likeness (QED) is 0.770. The van der Waals surface area contributed by atoms with Crippen LogP contribution in [0.15, 0.2) is 36.4 Å². The van der Waals surface area contributed by atoms with E-state index in [4.69, 9.17) is 20.2 Å². The Kier molecular flexibility index (Phi) is 4.32. The number of hydrogen-bond donors (Lipinski definition) is 1. The molecule has 2 aromatic carbocycles. The fourth-order valence-corrected chi connectivity index (χ4v) is 3.21. The number of fused-ring (bicyclic) bond motifs is 2. The molecule has 130 valence electrons. The van der Waals surface area contributed by atoms with Crippen LogP contribution in [0, 0.1) is 0 Å². The van der Waals surface area contributed by atoms with Crippen molar-refractivity contribution in [3.05, 3.63) is 42.0 Å². The minimum Gasteiger partial charge on any atom is -0.486 e. The van der Waals surface area contributed by atoms with Crippen molar-refractivity contribution in [2.24, 2.45) is 5.73 Å². The molecule has 0 spiro atoms. The number of nitrogens with zero attached hydrogens (tertiary/aromatic N) is 2. The Bertz CT molecular complexity index is 884. The molecule has 0 saturated heterocycles. The van der Waals surface area contributed by atoms with Gasteiger partial charge in [-0.05, 0) is 12.0 Å². The van der Waals surface area contributed by atoms with Gasteiger partial charge in [0.15, 0.2) is 11.5 Å². The number of unbranched alkanes of at least 4 members (excludes halogenated alkanes) is 1. The third-order valence-electron chi connectivity index (χ3n) is 4.60. The first kappa shape index (κ1) is 16.0. The van der Waals surface area contributed by atoms with Gasteiger partial charge in [0.1, 0.15) is 19.0 Å². The van der Waals surface area contributed by atoms with Gasteiger partial charge in [0.05, 0.1) is 11.0 Å². The number of aromatic nitrogens is 2. The Morgan fingerprint density at radius 3 is 2.48 bits per heavy atom. The highest BCUT2D eigenvalue weighted by molar-refractivity contribution is 5.84. The highest BCUT2D eigenvalue weighted by atomic mass is 16.6. The van der Waals surface area contributed by atoms with E-state index in [0.717, 1.165) is 58.9 Å². The number of imidazole rings is 1. The Balaban J connectivity index is 1.86. The van der Waals surface area contributed by atoms with Crippen LogP contribution in [0.3, 0.4) is 0 Å². The summed E-state index contributed by atoms with van der Waals surface area (Å²) in [5.74, 6) is 2.57. The number of nitrogens with two attached hydrogens (primary N) is 1. The van der Waals surface area contributed by atoms with E-state index in [1.54, 1.807) is 0 Å². The van der Waals surface area contributed by atoms with Gasteiger partial charge in [0, 0.05) is 30.8 Å². The van der Waals surface area contributed by atoms with E-state index in [9.17, 15) is 0 Å². The fraction of sp³-hybridized carbons (Fsp3) is 0.350. The largest absolute Gasteiger partial charge is 0.486 e. The molecule has 2 heterocycles. The lowest BCUT2D eigenvalue weighted by Gasteiger charge is -2.18. The van der Waals surface area contributed by atoms with Crippen molar-refractivity contribution in [2.75, 3.05) is 13.2 Å². The lowest BCUT2D eigenvalue weighted by Crippen LogP contribution is -2.15. The SMILES string of the molecule is CCCCn1c(-c2ccc(CN)cc2)nc2cc3c(cc21)OCCO3. The van der Waals surface area contributed by atoms with Gasteiger partial charge in [0.25, 0.3) is 0 Å². The van der Waals surface area contributed by atoms with Gasteiger partial charge in [-0.1, -0.05) is 37.6 Å². The fourth-order valence-electron chi connectivity index (χ4n) is 3.21. The third kappa shape index (κ3) is 2.96. The van der Waals surface area contributed by atoms with Crippen LogP contribution >= 0.6 is 0 Å². The van der Waals surface area contributed by atoms with Crippen molar-refractivity contribution >= 4 is 11.0 Å². The van der Waals surface area contributed by atoms with Gasteiger partial charge < -0.3 is 19.8 Å². The molecule has 1 aliphatic heterocycles. The second-order valence-electron chi connectivity index (χ2n) is 6.33. The van der Waals surface area contributed by atoms with Crippen LogP contribution < -0.4 is 15.2 Å². The summed E-state index contributed by atoms with van der Waals surface area (Å²) in [4.78, 5) is 4.90. The van der Waals surface area contributed by atoms with Crippen LogP contribution in [-0.4, -0.2) is 22.8 Å². The standard InChI is InChI=1S/C20H23N3O2/c1-2-3-8-23-17-12-19-18(24-9-10-25-19)11-16(17)22-20(23)15-6-4-14(13-21)5-7-15/h4-7,11-12H,2-3,8-10,13,21H2,1H3. The Labute approximate surface area is 147 Å². The summed E-state index contributed by atoms with van der Waals surface area (Å²) in [5, 5.41) is 0. The molecule has 1 aromatic heterocycles. The zero-order chi connectivity index (χ0) is 17.2. The molecule has 0 unspecified atom stereocenters. The number of hydrogen-bond acceptors (Lipinski definition) is 4. The third-order valence-corrected chi connectivity index (χ3v) is 4.60. The molecule has 0 atom stereocenters. The molecule has 0 saturated carbocycles. The van der Waals surface area contributed by atoms with Gasteiger partial charge in [-0.15, -0.1) is 0 Å². The molecule has 5 heteroatoms. The molecule has 4 rings (SSSR count). The van der Waals surface area contributed by atoms with Crippen LogP contribution in [0.5, 0.6) is 11.5 Å². The molecule has 0 amide bonds. The average molecular weight is 337 g/mol. The first-order valence-electron chi connectivity index (χ1n) is 8.89. The molecule has 5 nitrogen and oxygen atoms in total. The first-order chi connectivity index (χ1) is 12.3. The lowest BCUT2D eigenvalue weighted by atomic mass is 10.1. The van der Waals surface area contributed by atoms with Crippen LogP contribution in [0.4, 0.5) is 0 Å². The highest BCUT2D eigenvalue weighted by Crippen LogP contribution is 2.36. The van der Waals surface area contributed by atoms with E-state index in [1.807, 2.05) is 6.07 Å². The zero-order valence-corrected chi connectivity index (χ0v) is 14.5. The van der Waals surface area contributed by atoms with Gasteiger partial charge in [-0.3, -0.25) is 0 Å². The maximum Gasteiger partial charge on any atom is 0.163 e. The number of aryl methyl sites for hydroxylation is 1. The molecule has 0 aliphatic carbocycles. The molecule has 1 aliphatic rings. The van der Waals surface area contributed by atoms with Gasteiger partial charge in [0.2, 0.25) is 0 Å². The number of benzene rings is 2. The summed E-state index contributed by atoms with van der Waals surface area (Å²) >= 11 is 0.